The van der Waals surface area contributed by atoms with Gasteiger partial charge in [0.15, 0.2) is 0 Å². The minimum Gasteiger partial charge on any atom is -0.480 e. The van der Waals surface area contributed by atoms with Crippen molar-refractivity contribution in [2.45, 2.75) is 44.7 Å². The number of rotatable bonds is 5. The predicted octanol–water partition coefficient (Wildman–Crippen LogP) is 1.27. The third-order valence-corrected chi connectivity index (χ3v) is 4.55. The molecule has 1 aromatic heterocycles. The van der Waals surface area contributed by atoms with Crippen molar-refractivity contribution in [1.82, 2.24) is 20.3 Å². The monoisotopic (exact) mass is 328 g/mol. The third kappa shape index (κ3) is 3.15. The van der Waals surface area contributed by atoms with Crippen molar-refractivity contribution < 1.29 is 14.7 Å². The summed E-state index contributed by atoms with van der Waals surface area (Å²) in [7, 11) is 0. The molecule has 3 rings (SSSR count). The third-order valence-electron chi connectivity index (χ3n) is 4.55. The van der Waals surface area contributed by atoms with Crippen molar-refractivity contribution in [3.05, 3.63) is 47.3 Å². The molecule has 7 heteroatoms. The molecule has 2 N–H and O–H groups in total. The average molecular weight is 328 g/mol. The van der Waals surface area contributed by atoms with Gasteiger partial charge in [-0.15, -0.1) is 5.10 Å². The van der Waals surface area contributed by atoms with Crippen molar-refractivity contribution in [2.24, 2.45) is 0 Å². The molecule has 0 fully saturated rings. The number of carbonyl (C=O) groups is 2. The van der Waals surface area contributed by atoms with E-state index in [0.717, 1.165) is 24.8 Å². The van der Waals surface area contributed by atoms with E-state index in [-0.39, 0.29) is 19.0 Å². The van der Waals surface area contributed by atoms with Gasteiger partial charge in [0.2, 0.25) is 5.91 Å². The summed E-state index contributed by atoms with van der Waals surface area (Å²) in [5.74, 6) is -1.02. The lowest BCUT2D eigenvalue weighted by atomic mass is 9.70. The van der Waals surface area contributed by atoms with Gasteiger partial charge >= 0.3 is 5.97 Å². The van der Waals surface area contributed by atoms with Gasteiger partial charge in [-0.3, -0.25) is 9.59 Å². The molecule has 1 unspecified atom stereocenters. The molecule has 126 valence electrons. The number of benzene rings is 1. The first-order valence-electron chi connectivity index (χ1n) is 7.96. The van der Waals surface area contributed by atoms with E-state index in [0.29, 0.717) is 5.69 Å². The highest BCUT2D eigenvalue weighted by Crippen LogP contribution is 2.37. The number of aryl methyl sites for hydroxylation is 1. The van der Waals surface area contributed by atoms with Crippen LogP contribution in [0, 0.1) is 0 Å². The fourth-order valence-corrected chi connectivity index (χ4v) is 3.28. The van der Waals surface area contributed by atoms with E-state index in [1.807, 2.05) is 25.1 Å². The van der Waals surface area contributed by atoms with Gasteiger partial charge < -0.3 is 10.4 Å². The Bertz CT molecular complexity index is 771. The molecular weight excluding hydrogens is 308 g/mol. The van der Waals surface area contributed by atoms with Crippen LogP contribution in [0.2, 0.25) is 0 Å². The van der Waals surface area contributed by atoms with Gasteiger partial charge in [-0.05, 0) is 37.3 Å². The topological polar surface area (TPSA) is 97.1 Å². The van der Waals surface area contributed by atoms with Crippen LogP contribution in [0.1, 0.15) is 36.6 Å². The van der Waals surface area contributed by atoms with Gasteiger partial charge in [0, 0.05) is 0 Å². The summed E-state index contributed by atoms with van der Waals surface area (Å²) in [6, 6.07) is 8.07. The molecule has 1 amide bonds. The summed E-state index contributed by atoms with van der Waals surface area (Å²) in [5.41, 5.74) is 2.31. The maximum absolute atomic E-state index is 12.8. The van der Waals surface area contributed by atoms with Crippen LogP contribution in [0.25, 0.3) is 0 Å². The number of hydrogen-bond acceptors (Lipinski definition) is 4. The number of nitrogens with zero attached hydrogens (tertiary/aromatic N) is 3. The van der Waals surface area contributed by atoms with Crippen LogP contribution in [-0.2, 0) is 34.5 Å². The zero-order valence-electron chi connectivity index (χ0n) is 13.5. The lowest BCUT2D eigenvalue weighted by Gasteiger charge is -2.34. The first-order chi connectivity index (χ1) is 11.5. The summed E-state index contributed by atoms with van der Waals surface area (Å²) in [6.07, 6.45) is 4.32. The predicted molar refractivity (Wildman–Crippen MR) is 86.2 cm³/mol. The lowest BCUT2D eigenvalue weighted by molar-refractivity contribution is -0.138. The molecule has 0 bridgehead atoms. The van der Waals surface area contributed by atoms with E-state index in [1.54, 1.807) is 0 Å². The Hall–Kier alpha value is -2.70. The van der Waals surface area contributed by atoms with Crippen molar-refractivity contribution in [3.63, 3.8) is 0 Å². The van der Waals surface area contributed by atoms with Crippen LogP contribution in [0.5, 0.6) is 0 Å². The maximum atomic E-state index is 12.8. The van der Waals surface area contributed by atoms with Gasteiger partial charge in [-0.2, -0.15) is 0 Å². The Morgan fingerprint density at radius 1 is 1.38 bits per heavy atom. The second kappa shape index (κ2) is 6.43. The Labute approximate surface area is 139 Å². The van der Waals surface area contributed by atoms with Crippen LogP contribution in [0.15, 0.2) is 30.5 Å². The van der Waals surface area contributed by atoms with Gasteiger partial charge in [-0.25, -0.2) is 4.68 Å². The Morgan fingerprint density at radius 3 is 2.96 bits per heavy atom. The Morgan fingerprint density at radius 2 is 2.17 bits per heavy atom. The standard InChI is InChI=1S/C17H20N4O3/c1-17(8-4-6-12-5-2-3-7-14(12)17)16(24)18-9-13-10-21(20-19-13)11-15(22)23/h2-3,5,7,10H,4,6,8-9,11H2,1H3,(H,18,24)(H,22,23). The SMILES string of the molecule is CC1(C(=O)NCc2cn(CC(=O)O)nn2)CCCc2ccccc21. The van der Waals surface area contributed by atoms with Gasteiger partial charge in [0.1, 0.15) is 12.2 Å². The van der Waals surface area contributed by atoms with Crippen LogP contribution in [0.3, 0.4) is 0 Å². The smallest absolute Gasteiger partial charge is 0.325 e. The van der Waals surface area contributed by atoms with E-state index < -0.39 is 11.4 Å². The van der Waals surface area contributed by atoms with Crippen molar-refractivity contribution >= 4 is 11.9 Å². The van der Waals surface area contributed by atoms with Crippen molar-refractivity contribution in [1.29, 1.82) is 0 Å². The molecule has 0 spiro atoms. The number of fused-ring (bicyclic) bond motifs is 1. The second-order valence-corrected chi connectivity index (χ2v) is 6.33. The second-order valence-electron chi connectivity index (χ2n) is 6.33. The minimum absolute atomic E-state index is 0.0394. The molecule has 7 nitrogen and oxygen atoms in total. The first kappa shape index (κ1) is 16.2. The van der Waals surface area contributed by atoms with Gasteiger partial charge in [0.25, 0.3) is 0 Å². The van der Waals surface area contributed by atoms with E-state index >= 15 is 0 Å². The van der Waals surface area contributed by atoms with Crippen LogP contribution in [-0.4, -0.2) is 32.0 Å². The molecule has 1 heterocycles. The lowest BCUT2D eigenvalue weighted by Crippen LogP contribution is -2.44. The molecule has 0 saturated carbocycles. The highest BCUT2D eigenvalue weighted by atomic mass is 16.4. The number of carboxylic acid groups (broad SMARTS) is 1. The molecule has 1 atom stereocenters. The summed E-state index contributed by atoms with van der Waals surface area (Å²) >= 11 is 0. The molecule has 24 heavy (non-hydrogen) atoms. The summed E-state index contributed by atoms with van der Waals surface area (Å²) in [6.45, 7) is 1.96. The normalized spacial score (nSPS) is 19.5. The molecule has 2 aromatic rings. The van der Waals surface area contributed by atoms with Gasteiger partial charge in [-0.1, -0.05) is 29.5 Å². The highest BCUT2D eigenvalue weighted by molar-refractivity contribution is 5.88. The highest BCUT2D eigenvalue weighted by Gasteiger charge is 2.38. The van der Waals surface area contributed by atoms with E-state index in [9.17, 15) is 9.59 Å². The molecule has 0 saturated heterocycles. The van der Waals surface area contributed by atoms with Gasteiger partial charge in [0.05, 0.1) is 18.2 Å². The molecule has 1 aliphatic carbocycles. The zero-order valence-corrected chi connectivity index (χ0v) is 13.5. The Kier molecular flexibility index (Phi) is 4.33. The van der Waals surface area contributed by atoms with E-state index in [2.05, 4.69) is 21.7 Å². The average Bonchev–Trinajstić information content (AvgIpc) is 2.99. The fourth-order valence-electron chi connectivity index (χ4n) is 3.28. The van der Waals surface area contributed by atoms with Crippen LogP contribution >= 0.6 is 0 Å². The molecule has 0 radical (unpaired) electrons. The van der Waals surface area contributed by atoms with Crippen molar-refractivity contribution in [2.75, 3.05) is 0 Å². The molecule has 1 aromatic carbocycles. The number of amides is 1. The Balaban J connectivity index is 1.69. The summed E-state index contributed by atoms with van der Waals surface area (Å²) < 4.78 is 1.24. The fraction of sp³-hybridized carbons (Fsp3) is 0.412. The minimum atomic E-state index is -0.984. The molecule has 0 aliphatic heterocycles. The number of nitrogens with one attached hydrogen (secondary N) is 1. The van der Waals surface area contributed by atoms with Crippen LogP contribution in [0.4, 0.5) is 0 Å². The summed E-state index contributed by atoms with van der Waals surface area (Å²) in [4.78, 5) is 23.4. The molecule has 1 aliphatic rings. The number of hydrogen-bond donors (Lipinski definition) is 2. The first-order valence-corrected chi connectivity index (χ1v) is 7.96. The zero-order chi connectivity index (χ0) is 17.2. The molecular formula is C17H20N4O3. The number of aliphatic carboxylic acids is 1. The largest absolute Gasteiger partial charge is 0.480 e. The maximum Gasteiger partial charge on any atom is 0.325 e. The van der Waals surface area contributed by atoms with Crippen LogP contribution < -0.4 is 5.32 Å². The quantitative estimate of drug-likeness (QED) is 0.861. The van der Waals surface area contributed by atoms with E-state index in [1.165, 1.54) is 16.4 Å². The number of aromatic nitrogens is 3. The number of carboxylic acids is 1. The number of carbonyl (C=O) groups excluding carboxylic acids is 1. The summed E-state index contributed by atoms with van der Waals surface area (Å²) in [5, 5.41) is 19.3. The van der Waals surface area contributed by atoms with E-state index in [4.69, 9.17) is 5.11 Å². The van der Waals surface area contributed by atoms with Crippen molar-refractivity contribution in [3.8, 4) is 0 Å².